The highest BCUT2D eigenvalue weighted by molar-refractivity contribution is 5.84. The largest absolute Gasteiger partial charge is 0.508 e. The zero-order valence-electron chi connectivity index (χ0n) is 14.2. The van der Waals surface area contributed by atoms with Crippen LogP contribution in [0.15, 0.2) is 46.9 Å². The van der Waals surface area contributed by atoms with Crippen LogP contribution >= 0.6 is 0 Å². The molecule has 5 heteroatoms. The minimum absolute atomic E-state index is 0.145. The predicted molar refractivity (Wildman–Crippen MR) is 94.8 cm³/mol. The average molecular weight is 340 g/mol. The maximum Gasteiger partial charge on any atom is 0.302 e. The van der Waals surface area contributed by atoms with Crippen LogP contribution in [-0.4, -0.2) is 24.8 Å². The molecule has 0 saturated heterocycles. The van der Waals surface area contributed by atoms with Crippen LogP contribution in [0.1, 0.15) is 18.9 Å². The highest BCUT2D eigenvalue weighted by Gasteiger charge is 2.12. The van der Waals surface area contributed by atoms with Crippen molar-refractivity contribution in [2.75, 3.05) is 13.7 Å². The van der Waals surface area contributed by atoms with Crippen LogP contribution in [0.25, 0.3) is 22.3 Å². The van der Waals surface area contributed by atoms with Crippen molar-refractivity contribution in [3.63, 3.8) is 0 Å². The van der Waals surface area contributed by atoms with Crippen LogP contribution in [0.4, 0.5) is 0 Å². The SMILES string of the molecule is COc1cc(O)ccc1-c1cc2cc(CCCOC(C)=O)ccc2o1. The highest BCUT2D eigenvalue weighted by Crippen LogP contribution is 2.36. The molecule has 3 aromatic rings. The van der Waals surface area contributed by atoms with Crippen molar-refractivity contribution >= 4 is 16.9 Å². The summed E-state index contributed by atoms with van der Waals surface area (Å²) in [4.78, 5) is 10.8. The molecule has 0 amide bonds. The molecular weight excluding hydrogens is 320 g/mol. The normalized spacial score (nSPS) is 10.8. The van der Waals surface area contributed by atoms with E-state index in [1.165, 1.54) is 6.92 Å². The number of aryl methyl sites for hydroxylation is 1. The number of esters is 1. The number of ether oxygens (including phenoxy) is 2. The van der Waals surface area contributed by atoms with Gasteiger partial charge in [0.25, 0.3) is 0 Å². The Morgan fingerprint density at radius 2 is 2.00 bits per heavy atom. The summed E-state index contributed by atoms with van der Waals surface area (Å²) in [5, 5.41) is 10.6. The van der Waals surface area contributed by atoms with E-state index < -0.39 is 0 Å². The summed E-state index contributed by atoms with van der Waals surface area (Å²) < 4.78 is 16.2. The van der Waals surface area contributed by atoms with E-state index in [1.807, 2.05) is 18.2 Å². The number of rotatable bonds is 6. The lowest BCUT2D eigenvalue weighted by Crippen LogP contribution is -2.01. The summed E-state index contributed by atoms with van der Waals surface area (Å²) in [7, 11) is 1.56. The molecule has 1 N–H and O–H groups in total. The molecule has 0 spiro atoms. The first-order valence-electron chi connectivity index (χ1n) is 8.10. The molecule has 1 aromatic heterocycles. The van der Waals surface area contributed by atoms with Gasteiger partial charge in [-0.25, -0.2) is 0 Å². The van der Waals surface area contributed by atoms with Gasteiger partial charge >= 0.3 is 5.97 Å². The van der Waals surface area contributed by atoms with E-state index in [2.05, 4.69) is 6.07 Å². The van der Waals surface area contributed by atoms with Gasteiger partial charge in [-0.2, -0.15) is 0 Å². The molecule has 1 heterocycles. The summed E-state index contributed by atoms with van der Waals surface area (Å²) in [5.74, 6) is 1.13. The molecule has 0 aliphatic rings. The van der Waals surface area contributed by atoms with Gasteiger partial charge in [-0.3, -0.25) is 4.79 Å². The average Bonchev–Trinajstić information content (AvgIpc) is 3.01. The van der Waals surface area contributed by atoms with Gasteiger partial charge < -0.3 is 19.0 Å². The van der Waals surface area contributed by atoms with Gasteiger partial charge in [-0.05, 0) is 48.7 Å². The Bertz CT molecular complexity index is 894. The van der Waals surface area contributed by atoms with Crippen LogP contribution in [0.2, 0.25) is 0 Å². The summed E-state index contributed by atoms with van der Waals surface area (Å²) in [6, 6.07) is 12.9. The number of carbonyl (C=O) groups excluding carboxylic acids is 1. The van der Waals surface area contributed by atoms with Crippen LogP contribution in [0.3, 0.4) is 0 Å². The number of furan rings is 1. The third kappa shape index (κ3) is 3.94. The zero-order valence-corrected chi connectivity index (χ0v) is 14.2. The number of hydrogen-bond donors (Lipinski definition) is 1. The Kier molecular flexibility index (Phi) is 4.93. The number of hydrogen-bond acceptors (Lipinski definition) is 5. The molecule has 3 rings (SSSR count). The minimum atomic E-state index is -0.252. The third-order valence-electron chi connectivity index (χ3n) is 3.95. The molecule has 2 aromatic carbocycles. The molecule has 0 fully saturated rings. The standard InChI is InChI=1S/C20H20O5/c1-13(21)24-9-3-4-14-5-8-18-15(10-14)11-20(25-18)17-7-6-16(22)12-19(17)23-2/h5-8,10-12,22H,3-4,9H2,1-2H3. The second kappa shape index (κ2) is 7.30. The molecular formula is C20H20O5. The maximum atomic E-state index is 10.8. The van der Waals surface area contributed by atoms with Gasteiger partial charge in [0.05, 0.1) is 19.3 Å². The summed E-state index contributed by atoms with van der Waals surface area (Å²) in [6.07, 6.45) is 1.61. The first-order chi connectivity index (χ1) is 12.1. The van der Waals surface area contributed by atoms with Crippen LogP contribution < -0.4 is 4.74 Å². The highest BCUT2D eigenvalue weighted by atomic mass is 16.5. The number of carbonyl (C=O) groups is 1. The quantitative estimate of drug-likeness (QED) is 0.535. The number of benzene rings is 2. The number of phenols is 1. The number of aromatic hydroxyl groups is 1. The molecule has 0 radical (unpaired) electrons. The second-order valence-corrected chi connectivity index (χ2v) is 5.81. The summed E-state index contributed by atoms with van der Waals surface area (Å²) >= 11 is 0. The van der Waals surface area contributed by atoms with Crippen molar-refractivity contribution in [3.8, 4) is 22.8 Å². The third-order valence-corrected chi connectivity index (χ3v) is 3.95. The molecule has 25 heavy (non-hydrogen) atoms. The first kappa shape index (κ1) is 16.9. The van der Waals surface area contributed by atoms with E-state index in [0.29, 0.717) is 18.1 Å². The second-order valence-electron chi connectivity index (χ2n) is 5.81. The Morgan fingerprint density at radius 3 is 2.76 bits per heavy atom. The fourth-order valence-corrected chi connectivity index (χ4v) is 2.76. The van der Waals surface area contributed by atoms with E-state index in [0.717, 1.165) is 34.9 Å². The maximum absolute atomic E-state index is 10.8. The molecule has 0 aliphatic heterocycles. The lowest BCUT2D eigenvalue weighted by Gasteiger charge is -2.06. The minimum Gasteiger partial charge on any atom is -0.508 e. The van der Waals surface area contributed by atoms with Crippen LogP contribution in [0, 0.1) is 0 Å². The monoisotopic (exact) mass is 340 g/mol. The summed E-state index contributed by atoms with van der Waals surface area (Å²) in [5.41, 5.74) is 2.73. The van der Waals surface area contributed by atoms with E-state index in [4.69, 9.17) is 13.9 Å². The Labute approximate surface area is 145 Å². The van der Waals surface area contributed by atoms with Gasteiger partial charge in [-0.15, -0.1) is 0 Å². The fourth-order valence-electron chi connectivity index (χ4n) is 2.76. The van der Waals surface area contributed by atoms with Crippen molar-refractivity contribution in [1.82, 2.24) is 0 Å². The Balaban J connectivity index is 1.82. The number of phenolic OH excluding ortho intramolecular Hbond substituents is 1. The van der Waals surface area contributed by atoms with Gasteiger partial charge in [0, 0.05) is 18.4 Å². The molecule has 0 unspecified atom stereocenters. The van der Waals surface area contributed by atoms with Gasteiger partial charge in [0.15, 0.2) is 0 Å². The van der Waals surface area contributed by atoms with Crippen molar-refractivity contribution in [2.24, 2.45) is 0 Å². The lowest BCUT2D eigenvalue weighted by molar-refractivity contribution is -0.141. The van der Waals surface area contributed by atoms with Crippen molar-refractivity contribution in [3.05, 3.63) is 48.0 Å². The predicted octanol–water partition coefficient (Wildman–Crippen LogP) is 4.31. The number of methoxy groups -OCH3 is 1. The fraction of sp³-hybridized carbons (Fsp3) is 0.250. The molecule has 5 nitrogen and oxygen atoms in total. The smallest absolute Gasteiger partial charge is 0.302 e. The van der Waals surface area contributed by atoms with Gasteiger partial charge in [0.1, 0.15) is 22.8 Å². The van der Waals surface area contributed by atoms with Crippen LogP contribution in [-0.2, 0) is 16.0 Å². The van der Waals surface area contributed by atoms with Crippen molar-refractivity contribution < 1.29 is 23.8 Å². The Hall–Kier alpha value is -2.95. The molecule has 0 aliphatic carbocycles. The van der Waals surface area contributed by atoms with Crippen molar-refractivity contribution in [2.45, 2.75) is 19.8 Å². The zero-order chi connectivity index (χ0) is 17.8. The molecule has 0 bridgehead atoms. The van der Waals surface area contributed by atoms with E-state index in [1.54, 1.807) is 25.3 Å². The van der Waals surface area contributed by atoms with Gasteiger partial charge in [-0.1, -0.05) is 6.07 Å². The first-order valence-corrected chi connectivity index (χ1v) is 8.10. The van der Waals surface area contributed by atoms with E-state index in [9.17, 15) is 9.90 Å². The summed E-state index contributed by atoms with van der Waals surface area (Å²) in [6.45, 7) is 1.84. The van der Waals surface area contributed by atoms with Crippen molar-refractivity contribution in [1.29, 1.82) is 0 Å². The van der Waals surface area contributed by atoms with Gasteiger partial charge in [0.2, 0.25) is 0 Å². The Morgan fingerprint density at radius 1 is 1.16 bits per heavy atom. The number of fused-ring (bicyclic) bond motifs is 1. The lowest BCUT2D eigenvalue weighted by atomic mass is 10.1. The molecule has 0 atom stereocenters. The van der Waals surface area contributed by atoms with E-state index in [-0.39, 0.29) is 11.7 Å². The molecule has 130 valence electrons. The molecule has 0 saturated carbocycles. The van der Waals surface area contributed by atoms with Crippen LogP contribution in [0.5, 0.6) is 11.5 Å². The topological polar surface area (TPSA) is 68.9 Å². The van der Waals surface area contributed by atoms with E-state index >= 15 is 0 Å².